The zero-order chi connectivity index (χ0) is 45.3. The molecule has 0 fully saturated rings. The second-order valence-electron chi connectivity index (χ2n) is 13.7. The zero-order valence-electron chi connectivity index (χ0n) is 33.2. The summed E-state index contributed by atoms with van der Waals surface area (Å²) in [5.74, 6) is 0.174. The molecule has 0 spiro atoms. The lowest BCUT2D eigenvalue weighted by Crippen LogP contribution is -2.30. The predicted molar refractivity (Wildman–Crippen MR) is 230 cm³/mol. The third-order valence-electron chi connectivity index (χ3n) is 9.40. The minimum atomic E-state index is -0.464. The number of aromatic amines is 1. The number of nitrogens with zero attached hydrogens (tertiary/aromatic N) is 3. The number of fused-ring (bicyclic) bond motifs is 3. The fraction of sp³-hybridized carbons (Fsp3) is 0.209. The van der Waals surface area contributed by atoms with E-state index in [0.29, 0.717) is 67.4 Å². The molecule has 2 aromatic heterocycles. The van der Waals surface area contributed by atoms with Crippen molar-refractivity contribution in [2.75, 3.05) is 29.5 Å². The molecule has 63 heavy (non-hydrogen) atoms. The van der Waals surface area contributed by atoms with Crippen LogP contribution < -0.4 is 32.6 Å². The van der Waals surface area contributed by atoms with E-state index in [1.54, 1.807) is 42.5 Å². The number of aliphatic hydroxyl groups excluding tert-OH is 1. The topological polar surface area (TPSA) is 295 Å². The third kappa shape index (κ3) is 12.9. The molecular formula is C43H39N9O10S. The molecule has 4 aromatic rings. The van der Waals surface area contributed by atoms with Gasteiger partial charge in [-0.2, -0.15) is 24.2 Å². The number of allylic oxidation sites excluding steroid dienone is 4. The second kappa shape index (κ2) is 22.4. The van der Waals surface area contributed by atoms with Crippen molar-refractivity contribution in [1.29, 1.82) is 0 Å². The lowest BCUT2D eigenvalue weighted by molar-refractivity contribution is -0.193. The normalized spacial score (nSPS) is 15.5. The molecule has 0 saturated heterocycles. The van der Waals surface area contributed by atoms with Crippen LogP contribution in [0, 0.1) is 5.92 Å². The smallest absolute Gasteiger partial charge is 0.373 e. The van der Waals surface area contributed by atoms with Gasteiger partial charge in [0.05, 0.1) is 18.4 Å². The van der Waals surface area contributed by atoms with Crippen molar-refractivity contribution in [1.82, 2.24) is 30.6 Å². The van der Waals surface area contributed by atoms with E-state index in [0.717, 1.165) is 28.1 Å². The summed E-state index contributed by atoms with van der Waals surface area (Å²) in [6, 6.07) is 14.7. The van der Waals surface area contributed by atoms with E-state index in [9.17, 15) is 24.3 Å². The van der Waals surface area contributed by atoms with Gasteiger partial charge in [-0.25, -0.2) is 9.97 Å². The Hall–Kier alpha value is -8.18. The lowest BCUT2D eigenvalue weighted by atomic mass is 9.79. The van der Waals surface area contributed by atoms with Gasteiger partial charge in [0.1, 0.15) is 23.4 Å². The number of anilines is 3. The highest BCUT2D eigenvalue weighted by atomic mass is 32.1. The van der Waals surface area contributed by atoms with Crippen LogP contribution in [0.1, 0.15) is 47.3 Å². The van der Waals surface area contributed by atoms with Crippen molar-refractivity contribution in [2.24, 2.45) is 5.92 Å². The SMILES string of the molecule is Nc1nc2ncc(CNc3ccc(C(=O)NCCCC(=O)CCCNC(=S)Nc4ccc(C5=C6C=CC(=O)C=C6OC6C=C(O)C=CC56)cc4)cc3)nc2c(=O)[nH]1.O=C=O.O=C=O. The standard InChI is InChI=1S/C41H39N9O6S.2CO2/c42-40-49-37-36(39(55)50-40)47-27(22-46-37)21-45-25-9-7-24(8-10-25)38(54)43-17-1-3-28(51)4-2-18-44-41(57)48-26-11-5-23(6-12-26)35-31-15-13-29(52)19-33(31)56-34-20-30(53)14-16-32(34)35;2*2-1-3/h5-16,19-20,22,31,33,45,52H,1-4,17-18,21H2,(H,43,54)(H2,44,48,57)(H3,42,46,49,50,55);;. The van der Waals surface area contributed by atoms with Crippen molar-refractivity contribution in [3.05, 3.63) is 135 Å². The van der Waals surface area contributed by atoms with Crippen LogP contribution >= 0.6 is 12.2 Å². The van der Waals surface area contributed by atoms with Gasteiger partial charge in [-0.1, -0.05) is 18.2 Å². The fourth-order valence-electron chi connectivity index (χ4n) is 6.60. The number of benzene rings is 2. The van der Waals surface area contributed by atoms with Gasteiger partial charge in [0.15, 0.2) is 22.1 Å². The highest BCUT2D eigenvalue weighted by molar-refractivity contribution is 7.80. The molecule has 19 nitrogen and oxygen atoms in total. The summed E-state index contributed by atoms with van der Waals surface area (Å²) in [5, 5.41) is 22.8. The molecule has 1 amide bonds. The Labute approximate surface area is 363 Å². The Bertz CT molecular complexity index is 2650. The van der Waals surface area contributed by atoms with Crippen molar-refractivity contribution >= 4 is 81.2 Å². The summed E-state index contributed by atoms with van der Waals surface area (Å²) in [6.45, 7) is 1.19. The number of ketones is 2. The minimum absolute atomic E-state index is 0.0264. The number of hydrogen-bond donors (Lipinski definition) is 7. The number of thiocarbonyl (C=S) groups is 1. The molecule has 0 radical (unpaired) electrons. The van der Waals surface area contributed by atoms with Gasteiger partial charge in [-0.05, 0) is 96.9 Å². The van der Waals surface area contributed by atoms with Gasteiger partial charge >= 0.3 is 12.3 Å². The summed E-state index contributed by atoms with van der Waals surface area (Å²) >= 11 is 5.47. The molecule has 3 heterocycles. The maximum atomic E-state index is 12.6. The van der Waals surface area contributed by atoms with Crippen LogP contribution in [-0.2, 0) is 40.0 Å². The number of H-pyrrole nitrogens is 1. The summed E-state index contributed by atoms with van der Waals surface area (Å²) in [5.41, 5.74) is 10.7. The Morgan fingerprint density at radius 3 is 2.25 bits per heavy atom. The first-order chi connectivity index (χ1) is 30.4. The number of carbonyl (C=O) groups excluding carboxylic acids is 7. The van der Waals surface area contributed by atoms with Gasteiger partial charge in [-0.3, -0.25) is 24.2 Å². The van der Waals surface area contributed by atoms with E-state index in [4.69, 9.17) is 41.9 Å². The largest absolute Gasteiger partial charge is 0.508 e. The quantitative estimate of drug-likeness (QED) is 0.0706. The Morgan fingerprint density at radius 1 is 0.889 bits per heavy atom. The first kappa shape index (κ1) is 45.9. The van der Waals surface area contributed by atoms with E-state index in [2.05, 4.69) is 41.2 Å². The fourth-order valence-corrected chi connectivity index (χ4v) is 6.82. The first-order valence-electron chi connectivity index (χ1n) is 19.2. The molecule has 7 rings (SSSR count). The van der Waals surface area contributed by atoms with Crippen LogP contribution in [0.25, 0.3) is 16.7 Å². The monoisotopic (exact) mass is 873 g/mol. The first-order valence-corrected chi connectivity index (χ1v) is 19.6. The number of carbonyl (C=O) groups is 3. The number of aliphatic hydroxyl groups is 1. The number of Topliss-reactive ketones (excluding diaryl/α,β-unsaturated/α-hetero) is 1. The van der Waals surface area contributed by atoms with Gasteiger partial charge in [-0.15, -0.1) is 0 Å². The molecule has 0 saturated carbocycles. The molecule has 2 aliphatic carbocycles. The van der Waals surface area contributed by atoms with E-state index < -0.39 is 11.7 Å². The number of nitrogens with one attached hydrogen (secondary N) is 5. The molecule has 1 aliphatic heterocycles. The van der Waals surface area contributed by atoms with Crippen LogP contribution in [0.4, 0.5) is 17.3 Å². The van der Waals surface area contributed by atoms with Crippen LogP contribution in [-0.4, -0.2) is 79.1 Å². The number of ether oxygens (including phenoxy) is 1. The summed E-state index contributed by atoms with van der Waals surface area (Å²) in [7, 11) is 0. The second-order valence-corrected chi connectivity index (χ2v) is 14.1. The Kier molecular flexibility index (Phi) is 16.3. The minimum Gasteiger partial charge on any atom is -0.508 e. The van der Waals surface area contributed by atoms with Crippen LogP contribution in [0.2, 0.25) is 0 Å². The van der Waals surface area contributed by atoms with E-state index in [1.165, 1.54) is 18.3 Å². The predicted octanol–water partition coefficient (Wildman–Crippen LogP) is 3.39. The summed E-state index contributed by atoms with van der Waals surface area (Å²) in [6.07, 6.45) is 13.4. The van der Waals surface area contributed by atoms with E-state index >= 15 is 0 Å². The molecule has 20 heteroatoms. The Balaban J connectivity index is 0.00000118. The van der Waals surface area contributed by atoms with Crippen molar-refractivity contribution in [3.63, 3.8) is 0 Å². The number of nitrogen functional groups attached to an aromatic ring is 1. The lowest BCUT2D eigenvalue weighted by Gasteiger charge is -2.36. The van der Waals surface area contributed by atoms with Crippen molar-refractivity contribution in [3.8, 4) is 0 Å². The molecule has 2 atom stereocenters. The van der Waals surface area contributed by atoms with Gasteiger partial charge < -0.3 is 36.8 Å². The maximum Gasteiger partial charge on any atom is 0.373 e. The van der Waals surface area contributed by atoms with Crippen molar-refractivity contribution < 1.29 is 43.4 Å². The highest BCUT2D eigenvalue weighted by Gasteiger charge is 2.36. The molecule has 8 N–H and O–H groups in total. The van der Waals surface area contributed by atoms with Gasteiger partial charge in [0.25, 0.3) is 11.5 Å². The molecule has 3 aliphatic rings. The average Bonchev–Trinajstić information content (AvgIpc) is 3.26. The van der Waals surface area contributed by atoms with Crippen LogP contribution in [0.5, 0.6) is 0 Å². The number of nitrogens with two attached hydrogens (primary N) is 1. The van der Waals surface area contributed by atoms with Crippen LogP contribution in [0.3, 0.4) is 0 Å². The average molecular weight is 874 g/mol. The Morgan fingerprint density at radius 2 is 1.56 bits per heavy atom. The summed E-state index contributed by atoms with van der Waals surface area (Å²) < 4.78 is 6.06. The van der Waals surface area contributed by atoms with Crippen LogP contribution in [0.15, 0.2) is 113 Å². The molecule has 2 aromatic carbocycles. The van der Waals surface area contributed by atoms with Crippen molar-refractivity contribution in [2.45, 2.75) is 38.3 Å². The molecular weight excluding hydrogens is 835 g/mol. The molecule has 0 bridgehead atoms. The van der Waals surface area contributed by atoms with Gasteiger partial charge in [0.2, 0.25) is 5.95 Å². The maximum absolute atomic E-state index is 12.6. The number of aromatic nitrogens is 4. The van der Waals surface area contributed by atoms with E-state index in [-0.39, 0.29) is 58.6 Å². The summed E-state index contributed by atoms with van der Waals surface area (Å²) in [4.78, 5) is 96.6. The number of hydrogen-bond acceptors (Lipinski definition) is 16. The highest BCUT2D eigenvalue weighted by Crippen LogP contribution is 2.44. The zero-order valence-corrected chi connectivity index (χ0v) is 34.0. The van der Waals surface area contributed by atoms with Gasteiger partial charge in [0, 0.05) is 60.4 Å². The number of rotatable bonds is 14. The number of amides is 1. The molecule has 2 unspecified atom stereocenters. The molecule has 322 valence electrons. The third-order valence-corrected chi connectivity index (χ3v) is 9.65. The van der Waals surface area contributed by atoms with E-state index in [1.807, 2.05) is 30.3 Å².